The van der Waals surface area contributed by atoms with Gasteiger partial charge in [-0.15, -0.1) is 0 Å². The zero-order valence-electron chi connectivity index (χ0n) is 15.2. The lowest BCUT2D eigenvalue weighted by Gasteiger charge is -2.32. The van der Waals surface area contributed by atoms with Crippen LogP contribution in [-0.4, -0.2) is 49.9 Å². The van der Waals surface area contributed by atoms with Crippen LogP contribution in [0.4, 0.5) is 4.79 Å². The largest absolute Gasteiger partial charge is 0.338 e. The number of aryl methyl sites for hydroxylation is 3. The van der Waals surface area contributed by atoms with Gasteiger partial charge >= 0.3 is 6.03 Å². The van der Waals surface area contributed by atoms with Crippen LogP contribution in [0.1, 0.15) is 30.7 Å². The molecule has 0 spiro atoms. The number of rotatable bonds is 6. The van der Waals surface area contributed by atoms with Gasteiger partial charge in [-0.25, -0.2) is 9.78 Å². The molecule has 0 saturated carbocycles. The fraction of sp³-hybridized carbons (Fsp3) is 0.611. The average molecular weight is 344 g/mol. The second kappa shape index (κ2) is 8.18. The van der Waals surface area contributed by atoms with Crippen LogP contribution in [0.3, 0.4) is 0 Å². The minimum absolute atomic E-state index is 0.0567. The fourth-order valence-corrected chi connectivity index (χ4v) is 3.40. The lowest BCUT2D eigenvalue weighted by Crippen LogP contribution is -2.46. The number of imidazole rings is 1. The number of piperidine rings is 1. The first-order valence-electron chi connectivity index (χ1n) is 9.10. The van der Waals surface area contributed by atoms with Gasteiger partial charge in [-0.2, -0.15) is 5.10 Å². The molecule has 1 saturated heterocycles. The minimum atomic E-state index is 0.0567. The predicted molar refractivity (Wildman–Crippen MR) is 96.2 cm³/mol. The van der Waals surface area contributed by atoms with E-state index in [0.717, 1.165) is 56.7 Å². The molecule has 0 aromatic carbocycles. The van der Waals surface area contributed by atoms with Gasteiger partial charge in [-0.05, 0) is 37.7 Å². The number of hydrogen-bond donors (Lipinski definition) is 1. The third-order valence-corrected chi connectivity index (χ3v) is 4.80. The Morgan fingerprint density at radius 2 is 2.32 bits per heavy atom. The SMILES string of the molecule is Cc1cnn(CCCNC(=O)N2CCC[C@H](Cc3nccn3C)C2)c1. The van der Waals surface area contributed by atoms with Gasteiger partial charge in [-0.3, -0.25) is 4.68 Å². The monoisotopic (exact) mass is 344 g/mol. The number of likely N-dealkylation sites (tertiary alicyclic amines) is 1. The molecule has 1 aliphatic heterocycles. The van der Waals surface area contributed by atoms with E-state index in [1.807, 2.05) is 48.3 Å². The van der Waals surface area contributed by atoms with Crippen molar-refractivity contribution in [3.8, 4) is 0 Å². The van der Waals surface area contributed by atoms with E-state index in [1.54, 1.807) is 0 Å². The molecule has 7 heteroatoms. The van der Waals surface area contributed by atoms with E-state index in [-0.39, 0.29) is 6.03 Å². The third-order valence-electron chi connectivity index (χ3n) is 4.80. The van der Waals surface area contributed by atoms with Crippen molar-refractivity contribution in [2.75, 3.05) is 19.6 Å². The van der Waals surface area contributed by atoms with Crippen molar-refractivity contribution >= 4 is 6.03 Å². The number of amides is 2. The van der Waals surface area contributed by atoms with Crippen molar-refractivity contribution in [1.29, 1.82) is 0 Å². The molecule has 3 rings (SSSR count). The van der Waals surface area contributed by atoms with Crippen molar-refractivity contribution in [2.45, 2.75) is 39.2 Å². The molecule has 7 nitrogen and oxygen atoms in total. The molecular formula is C18H28N6O. The second-order valence-electron chi connectivity index (χ2n) is 6.98. The Kier molecular flexibility index (Phi) is 5.73. The number of carbonyl (C=O) groups is 1. The molecule has 1 aliphatic rings. The van der Waals surface area contributed by atoms with Crippen molar-refractivity contribution in [3.63, 3.8) is 0 Å². The summed E-state index contributed by atoms with van der Waals surface area (Å²) in [6, 6.07) is 0.0567. The highest BCUT2D eigenvalue weighted by Crippen LogP contribution is 2.20. The molecule has 25 heavy (non-hydrogen) atoms. The lowest BCUT2D eigenvalue weighted by atomic mass is 9.94. The highest BCUT2D eigenvalue weighted by atomic mass is 16.2. The summed E-state index contributed by atoms with van der Waals surface area (Å²) in [6.07, 6.45) is 11.7. The van der Waals surface area contributed by atoms with Crippen LogP contribution < -0.4 is 5.32 Å². The summed E-state index contributed by atoms with van der Waals surface area (Å²) < 4.78 is 3.99. The van der Waals surface area contributed by atoms with Crippen molar-refractivity contribution in [2.24, 2.45) is 13.0 Å². The maximum absolute atomic E-state index is 12.4. The zero-order chi connectivity index (χ0) is 17.6. The number of aromatic nitrogens is 4. The van der Waals surface area contributed by atoms with E-state index in [4.69, 9.17) is 0 Å². The molecule has 2 aromatic heterocycles. The zero-order valence-corrected chi connectivity index (χ0v) is 15.2. The van der Waals surface area contributed by atoms with Gasteiger partial charge in [0.25, 0.3) is 0 Å². The van der Waals surface area contributed by atoms with Crippen molar-refractivity contribution < 1.29 is 4.79 Å². The number of urea groups is 1. The van der Waals surface area contributed by atoms with Gasteiger partial charge < -0.3 is 14.8 Å². The van der Waals surface area contributed by atoms with Crippen molar-refractivity contribution in [1.82, 2.24) is 29.5 Å². The molecule has 0 aliphatic carbocycles. The Labute approximate surface area is 149 Å². The summed E-state index contributed by atoms with van der Waals surface area (Å²) in [5.41, 5.74) is 1.16. The van der Waals surface area contributed by atoms with E-state index in [1.165, 1.54) is 0 Å². The molecule has 1 fully saturated rings. The van der Waals surface area contributed by atoms with Gasteiger partial charge in [0.05, 0.1) is 6.20 Å². The molecule has 1 N–H and O–H groups in total. The van der Waals surface area contributed by atoms with Crippen LogP contribution >= 0.6 is 0 Å². The first-order valence-corrected chi connectivity index (χ1v) is 9.10. The molecule has 136 valence electrons. The van der Waals surface area contributed by atoms with E-state index in [0.29, 0.717) is 12.5 Å². The highest BCUT2D eigenvalue weighted by molar-refractivity contribution is 5.74. The number of hydrogen-bond acceptors (Lipinski definition) is 3. The minimum Gasteiger partial charge on any atom is -0.338 e. The normalized spacial score (nSPS) is 17.7. The Morgan fingerprint density at radius 3 is 3.04 bits per heavy atom. The molecule has 2 amide bonds. The maximum Gasteiger partial charge on any atom is 0.317 e. The molecule has 0 bridgehead atoms. The summed E-state index contributed by atoms with van der Waals surface area (Å²) in [5.74, 6) is 1.59. The topological polar surface area (TPSA) is 68.0 Å². The molecule has 1 atom stereocenters. The summed E-state index contributed by atoms with van der Waals surface area (Å²) in [6.45, 7) is 5.20. The fourth-order valence-electron chi connectivity index (χ4n) is 3.40. The van der Waals surface area contributed by atoms with Gasteiger partial charge in [0.15, 0.2) is 0 Å². The van der Waals surface area contributed by atoms with Crippen LogP contribution in [0.2, 0.25) is 0 Å². The third kappa shape index (κ3) is 4.84. The average Bonchev–Trinajstić information content (AvgIpc) is 3.20. The Balaban J connectivity index is 1.40. The highest BCUT2D eigenvalue weighted by Gasteiger charge is 2.24. The second-order valence-corrected chi connectivity index (χ2v) is 6.98. The van der Waals surface area contributed by atoms with E-state index >= 15 is 0 Å². The van der Waals surface area contributed by atoms with Gasteiger partial charge in [0, 0.05) is 58.2 Å². The molecule has 2 aromatic rings. The quantitative estimate of drug-likeness (QED) is 0.815. The van der Waals surface area contributed by atoms with Gasteiger partial charge in [-0.1, -0.05) is 0 Å². The number of carbonyl (C=O) groups excluding carboxylic acids is 1. The van der Waals surface area contributed by atoms with E-state index in [2.05, 4.69) is 20.0 Å². The van der Waals surface area contributed by atoms with Crippen LogP contribution in [0.15, 0.2) is 24.8 Å². The van der Waals surface area contributed by atoms with Gasteiger partial charge in [0.2, 0.25) is 0 Å². The first-order chi connectivity index (χ1) is 12.1. The Hall–Kier alpha value is -2.31. The Morgan fingerprint density at radius 1 is 1.44 bits per heavy atom. The van der Waals surface area contributed by atoms with Crippen LogP contribution in [-0.2, 0) is 20.0 Å². The molecule has 0 radical (unpaired) electrons. The van der Waals surface area contributed by atoms with Crippen molar-refractivity contribution in [3.05, 3.63) is 36.2 Å². The first kappa shape index (κ1) is 17.5. The van der Waals surface area contributed by atoms with Crippen LogP contribution in [0.5, 0.6) is 0 Å². The van der Waals surface area contributed by atoms with Crippen LogP contribution in [0, 0.1) is 12.8 Å². The van der Waals surface area contributed by atoms with E-state index < -0.39 is 0 Å². The molecule has 3 heterocycles. The molecular weight excluding hydrogens is 316 g/mol. The maximum atomic E-state index is 12.4. The smallest absolute Gasteiger partial charge is 0.317 e. The number of nitrogens with zero attached hydrogens (tertiary/aromatic N) is 5. The summed E-state index contributed by atoms with van der Waals surface area (Å²) in [5, 5.41) is 7.31. The predicted octanol–water partition coefficient (Wildman–Crippen LogP) is 1.98. The van der Waals surface area contributed by atoms with Gasteiger partial charge in [0.1, 0.15) is 5.82 Å². The molecule has 0 unspecified atom stereocenters. The van der Waals surface area contributed by atoms with Crippen LogP contribution in [0.25, 0.3) is 0 Å². The summed E-state index contributed by atoms with van der Waals surface area (Å²) in [7, 11) is 2.02. The summed E-state index contributed by atoms with van der Waals surface area (Å²) in [4.78, 5) is 18.8. The number of nitrogens with one attached hydrogen (secondary N) is 1. The standard InChI is InChI=1S/C18H28N6O/c1-15-12-21-24(13-15)9-4-6-20-18(25)23-8-3-5-16(14-23)11-17-19-7-10-22(17)2/h7,10,12-13,16H,3-6,8-9,11,14H2,1-2H3,(H,20,25)/t16-/m1/s1. The Bertz CT molecular complexity index is 691. The lowest BCUT2D eigenvalue weighted by molar-refractivity contribution is 0.164. The van der Waals surface area contributed by atoms with E-state index in [9.17, 15) is 4.79 Å². The summed E-state index contributed by atoms with van der Waals surface area (Å²) >= 11 is 0.